The summed E-state index contributed by atoms with van der Waals surface area (Å²) in [6, 6.07) is 21.8. The van der Waals surface area contributed by atoms with Crippen molar-refractivity contribution in [3.8, 4) is 23.0 Å². The van der Waals surface area contributed by atoms with E-state index in [1.54, 1.807) is 9.36 Å². The number of hydrogen-bond acceptors (Lipinski definition) is 3. The third-order valence-corrected chi connectivity index (χ3v) is 5.66. The average molecular weight is 380 g/mol. The maximum atomic E-state index is 13.5. The van der Waals surface area contributed by atoms with E-state index >= 15 is 0 Å². The van der Waals surface area contributed by atoms with Gasteiger partial charge in [0, 0.05) is 5.56 Å². The lowest BCUT2D eigenvalue weighted by Gasteiger charge is -2.19. The molecule has 2 aromatic carbocycles. The molecule has 0 radical (unpaired) electrons. The van der Waals surface area contributed by atoms with Crippen molar-refractivity contribution in [2.24, 2.45) is 0 Å². The molecule has 142 valence electrons. The fourth-order valence-corrected chi connectivity index (χ4v) is 4.40. The molecular formula is C24H20N4O. The molecule has 5 rings (SSSR count). The lowest BCUT2D eigenvalue weighted by molar-refractivity contribution is 0.622. The van der Waals surface area contributed by atoms with Crippen molar-refractivity contribution in [3.63, 3.8) is 0 Å². The lowest BCUT2D eigenvalue weighted by Crippen LogP contribution is -2.21. The van der Waals surface area contributed by atoms with Gasteiger partial charge in [0.2, 0.25) is 0 Å². The first kappa shape index (κ1) is 17.4. The number of nitriles is 1. The van der Waals surface area contributed by atoms with Gasteiger partial charge in [-0.05, 0) is 48.9 Å². The molecule has 1 aliphatic carbocycles. The molecule has 0 fully saturated rings. The Morgan fingerprint density at radius 3 is 2.28 bits per heavy atom. The predicted molar refractivity (Wildman–Crippen MR) is 113 cm³/mol. The van der Waals surface area contributed by atoms with Crippen LogP contribution in [0.25, 0.3) is 28.0 Å². The molecule has 1 aliphatic rings. The molecule has 29 heavy (non-hydrogen) atoms. The van der Waals surface area contributed by atoms with Gasteiger partial charge in [-0.25, -0.2) is 14.3 Å². The van der Waals surface area contributed by atoms with Gasteiger partial charge >= 0.3 is 0 Å². The van der Waals surface area contributed by atoms with Gasteiger partial charge in [0.05, 0.1) is 22.8 Å². The number of nitrogens with zero attached hydrogens (tertiary/aromatic N) is 4. The van der Waals surface area contributed by atoms with E-state index in [1.807, 2.05) is 48.5 Å². The lowest BCUT2D eigenvalue weighted by atomic mass is 9.87. The topological polar surface area (TPSA) is 63.6 Å². The van der Waals surface area contributed by atoms with Crippen molar-refractivity contribution in [1.82, 2.24) is 14.3 Å². The van der Waals surface area contributed by atoms with Gasteiger partial charge in [-0.1, -0.05) is 48.5 Å². The summed E-state index contributed by atoms with van der Waals surface area (Å²) in [6.07, 6.45) is 3.96. The second kappa shape index (κ2) is 7.06. The van der Waals surface area contributed by atoms with Crippen LogP contribution < -0.4 is 5.56 Å². The summed E-state index contributed by atoms with van der Waals surface area (Å²) >= 11 is 0. The van der Waals surface area contributed by atoms with E-state index in [9.17, 15) is 10.1 Å². The summed E-state index contributed by atoms with van der Waals surface area (Å²) < 4.78 is 3.32. The van der Waals surface area contributed by atoms with Gasteiger partial charge < -0.3 is 0 Å². The van der Waals surface area contributed by atoms with Gasteiger partial charge in [0.25, 0.3) is 5.56 Å². The third kappa shape index (κ3) is 2.76. The van der Waals surface area contributed by atoms with Gasteiger partial charge in [-0.2, -0.15) is 5.26 Å². The van der Waals surface area contributed by atoms with E-state index in [4.69, 9.17) is 4.98 Å². The van der Waals surface area contributed by atoms with Crippen molar-refractivity contribution >= 4 is 11.0 Å². The van der Waals surface area contributed by atoms with Crippen LogP contribution in [0, 0.1) is 11.3 Å². The number of benzene rings is 2. The molecule has 0 unspecified atom stereocenters. The second-order valence-corrected chi connectivity index (χ2v) is 7.36. The molecule has 2 aromatic heterocycles. The zero-order valence-electron chi connectivity index (χ0n) is 16.0. The molecule has 0 N–H and O–H groups in total. The molecule has 0 bridgehead atoms. The van der Waals surface area contributed by atoms with E-state index < -0.39 is 0 Å². The van der Waals surface area contributed by atoms with Crippen LogP contribution in [-0.2, 0) is 19.4 Å². The summed E-state index contributed by atoms with van der Waals surface area (Å²) in [7, 11) is 0. The normalized spacial score (nSPS) is 13.2. The van der Waals surface area contributed by atoms with Crippen molar-refractivity contribution in [2.45, 2.75) is 32.2 Å². The van der Waals surface area contributed by atoms with Crippen LogP contribution in [-0.4, -0.2) is 14.3 Å². The van der Waals surface area contributed by atoms with Gasteiger partial charge in [0.15, 0.2) is 5.65 Å². The predicted octanol–water partition coefficient (Wildman–Crippen LogP) is 4.26. The standard InChI is InChI=1S/C24H20N4O/c25-15-16-27-23-21(24(29)28(27)18-11-5-2-6-12-18)19-13-7-8-14-20(19)22(26-23)17-9-3-1-4-10-17/h1-6,9-12H,7-8,13-14,16H2. The molecule has 0 spiro atoms. The Kier molecular flexibility index (Phi) is 4.25. The first-order chi connectivity index (χ1) is 14.3. The quantitative estimate of drug-likeness (QED) is 0.534. The van der Waals surface area contributed by atoms with Gasteiger partial charge in [-0.15, -0.1) is 0 Å². The summed E-state index contributed by atoms with van der Waals surface area (Å²) in [5.74, 6) is 0. The minimum Gasteiger partial charge on any atom is -0.267 e. The van der Waals surface area contributed by atoms with Crippen LogP contribution in [0.15, 0.2) is 65.5 Å². The number of fused-ring (bicyclic) bond motifs is 3. The number of hydrogen-bond donors (Lipinski definition) is 0. The molecule has 4 aromatic rings. The SMILES string of the molecule is N#CCn1c2nc(-c3ccccc3)c3c(c2c(=O)n1-c1ccccc1)CCCC3. The van der Waals surface area contributed by atoms with Crippen molar-refractivity contribution in [1.29, 1.82) is 5.26 Å². The molecule has 0 saturated carbocycles. The number of rotatable bonds is 3. The van der Waals surface area contributed by atoms with Crippen molar-refractivity contribution in [2.75, 3.05) is 0 Å². The Morgan fingerprint density at radius 1 is 0.931 bits per heavy atom. The Hall–Kier alpha value is -3.65. The second-order valence-electron chi connectivity index (χ2n) is 7.36. The monoisotopic (exact) mass is 380 g/mol. The number of para-hydroxylation sites is 1. The minimum atomic E-state index is -0.0910. The van der Waals surface area contributed by atoms with Gasteiger partial charge in [-0.3, -0.25) is 4.79 Å². The molecule has 0 amide bonds. The maximum absolute atomic E-state index is 13.5. The maximum Gasteiger partial charge on any atom is 0.281 e. The summed E-state index contributed by atoms with van der Waals surface area (Å²) in [5, 5.41) is 10.1. The van der Waals surface area contributed by atoms with Crippen LogP contribution in [0.4, 0.5) is 0 Å². The Labute approximate surface area is 168 Å². The Balaban J connectivity index is 1.91. The largest absolute Gasteiger partial charge is 0.281 e. The first-order valence-corrected chi connectivity index (χ1v) is 9.94. The fraction of sp³-hybridized carbons (Fsp3) is 0.208. The average Bonchev–Trinajstić information content (AvgIpc) is 3.06. The first-order valence-electron chi connectivity index (χ1n) is 9.94. The van der Waals surface area contributed by atoms with Crippen molar-refractivity contribution < 1.29 is 0 Å². The zero-order valence-corrected chi connectivity index (χ0v) is 16.0. The van der Waals surface area contributed by atoms with Crippen LogP contribution in [0.1, 0.15) is 24.0 Å². The summed E-state index contributed by atoms with van der Waals surface area (Å²) in [5.41, 5.74) is 5.52. The number of aryl methyl sites for hydroxylation is 1. The van der Waals surface area contributed by atoms with E-state index in [-0.39, 0.29) is 12.1 Å². The van der Waals surface area contributed by atoms with Crippen LogP contribution >= 0.6 is 0 Å². The number of aromatic nitrogens is 3. The molecule has 0 atom stereocenters. The molecule has 2 heterocycles. The number of pyridine rings is 1. The van der Waals surface area contributed by atoms with Crippen LogP contribution in [0.2, 0.25) is 0 Å². The van der Waals surface area contributed by atoms with Crippen LogP contribution in [0.5, 0.6) is 0 Å². The fourth-order valence-electron chi connectivity index (χ4n) is 4.40. The summed E-state index contributed by atoms with van der Waals surface area (Å²) in [6.45, 7) is 0.0631. The summed E-state index contributed by atoms with van der Waals surface area (Å²) in [4.78, 5) is 18.5. The molecule has 5 heteroatoms. The Bertz CT molecular complexity index is 1290. The highest BCUT2D eigenvalue weighted by Gasteiger charge is 2.26. The molecular weight excluding hydrogens is 360 g/mol. The smallest absolute Gasteiger partial charge is 0.267 e. The molecule has 0 aliphatic heterocycles. The van der Waals surface area contributed by atoms with Crippen LogP contribution in [0.3, 0.4) is 0 Å². The third-order valence-electron chi connectivity index (χ3n) is 5.66. The highest BCUT2D eigenvalue weighted by atomic mass is 16.1. The highest BCUT2D eigenvalue weighted by molar-refractivity contribution is 5.85. The van der Waals surface area contributed by atoms with E-state index in [0.717, 1.165) is 48.2 Å². The molecule has 5 nitrogen and oxygen atoms in total. The zero-order chi connectivity index (χ0) is 19.8. The Morgan fingerprint density at radius 2 is 1.59 bits per heavy atom. The van der Waals surface area contributed by atoms with Gasteiger partial charge in [0.1, 0.15) is 6.54 Å². The highest BCUT2D eigenvalue weighted by Crippen LogP contribution is 2.34. The molecule has 0 saturated heterocycles. The van der Waals surface area contributed by atoms with E-state index in [1.165, 1.54) is 5.56 Å². The van der Waals surface area contributed by atoms with E-state index in [2.05, 4.69) is 18.2 Å². The van der Waals surface area contributed by atoms with Crippen molar-refractivity contribution in [3.05, 3.63) is 82.1 Å². The van der Waals surface area contributed by atoms with E-state index in [0.29, 0.717) is 11.0 Å². The minimum absolute atomic E-state index is 0.0631.